The molecule has 0 spiro atoms. The number of rotatable bonds is 7. The number of halogens is 1. The summed E-state index contributed by atoms with van der Waals surface area (Å²) in [4.78, 5) is 23.6. The highest BCUT2D eigenvalue weighted by molar-refractivity contribution is 9.10. The van der Waals surface area contributed by atoms with Crippen LogP contribution in [0.1, 0.15) is 24.2 Å². The molecule has 132 valence electrons. The maximum atomic E-state index is 11.8. The summed E-state index contributed by atoms with van der Waals surface area (Å²) in [5, 5.41) is 0. The van der Waals surface area contributed by atoms with Gasteiger partial charge in [-0.2, -0.15) is 0 Å². The molecular weight excluding hydrogens is 388 g/mol. The van der Waals surface area contributed by atoms with Gasteiger partial charge in [0.15, 0.2) is 6.61 Å². The number of ether oxygens (including phenoxy) is 3. The zero-order chi connectivity index (χ0) is 18.2. The van der Waals surface area contributed by atoms with Crippen molar-refractivity contribution in [3.8, 4) is 11.5 Å². The topological polar surface area (TPSA) is 61.8 Å². The lowest BCUT2D eigenvalue weighted by atomic mass is 10.2. The SMILES string of the molecule is CC(C)COC(=O)c1ccc(OC(=O)COc2ccc(Br)cc2)cc1. The first-order valence-electron chi connectivity index (χ1n) is 7.80. The summed E-state index contributed by atoms with van der Waals surface area (Å²) in [5.41, 5.74) is 0.409. The van der Waals surface area contributed by atoms with Gasteiger partial charge in [-0.15, -0.1) is 0 Å². The lowest BCUT2D eigenvalue weighted by Crippen LogP contribution is -2.17. The Hall–Kier alpha value is -2.34. The quantitative estimate of drug-likeness (QED) is 0.508. The monoisotopic (exact) mass is 406 g/mol. The van der Waals surface area contributed by atoms with Crippen LogP contribution in [0.4, 0.5) is 0 Å². The van der Waals surface area contributed by atoms with Gasteiger partial charge in [0.25, 0.3) is 0 Å². The van der Waals surface area contributed by atoms with Crippen LogP contribution < -0.4 is 9.47 Å². The van der Waals surface area contributed by atoms with Gasteiger partial charge in [-0.25, -0.2) is 9.59 Å². The predicted molar refractivity (Wildman–Crippen MR) is 96.8 cm³/mol. The molecule has 0 amide bonds. The van der Waals surface area contributed by atoms with E-state index in [1.807, 2.05) is 26.0 Å². The Morgan fingerprint density at radius 3 is 2.16 bits per heavy atom. The molecule has 5 nitrogen and oxygen atoms in total. The Morgan fingerprint density at radius 2 is 1.56 bits per heavy atom. The molecular formula is C19H19BrO5. The largest absolute Gasteiger partial charge is 0.482 e. The highest BCUT2D eigenvalue weighted by Crippen LogP contribution is 2.17. The molecule has 0 fully saturated rings. The third kappa shape index (κ3) is 6.58. The maximum Gasteiger partial charge on any atom is 0.349 e. The molecule has 0 aliphatic heterocycles. The summed E-state index contributed by atoms with van der Waals surface area (Å²) in [6.07, 6.45) is 0. The second kappa shape index (κ2) is 9.22. The van der Waals surface area contributed by atoms with Crippen molar-refractivity contribution in [2.45, 2.75) is 13.8 Å². The van der Waals surface area contributed by atoms with Gasteiger partial charge >= 0.3 is 11.9 Å². The van der Waals surface area contributed by atoms with Crippen molar-refractivity contribution in [3.63, 3.8) is 0 Å². The number of hydrogen-bond donors (Lipinski definition) is 0. The average Bonchev–Trinajstić information content (AvgIpc) is 2.60. The second-order valence-corrected chi connectivity index (χ2v) is 6.65. The highest BCUT2D eigenvalue weighted by Gasteiger charge is 2.10. The Morgan fingerprint density at radius 1 is 0.960 bits per heavy atom. The first-order valence-corrected chi connectivity index (χ1v) is 8.59. The van der Waals surface area contributed by atoms with Crippen LogP contribution in [0, 0.1) is 5.92 Å². The van der Waals surface area contributed by atoms with Gasteiger partial charge in [-0.05, 0) is 54.4 Å². The van der Waals surface area contributed by atoms with Crippen LogP contribution in [0.25, 0.3) is 0 Å². The summed E-state index contributed by atoms with van der Waals surface area (Å²) in [6.45, 7) is 4.08. The molecule has 2 aromatic carbocycles. The summed E-state index contributed by atoms with van der Waals surface area (Å²) in [6, 6.07) is 13.3. The summed E-state index contributed by atoms with van der Waals surface area (Å²) >= 11 is 3.32. The van der Waals surface area contributed by atoms with Gasteiger partial charge in [0, 0.05) is 4.47 Å². The van der Waals surface area contributed by atoms with E-state index in [0.29, 0.717) is 23.7 Å². The Kier molecular flexibility index (Phi) is 7.01. The predicted octanol–water partition coefficient (Wildman–Crippen LogP) is 4.25. The number of esters is 2. The molecule has 0 aliphatic carbocycles. The van der Waals surface area contributed by atoms with E-state index in [-0.39, 0.29) is 12.5 Å². The van der Waals surface area contributed by atoms with Crippen LogP contribution in [0.5, 0.6) is 11.5 Å². The lowest BCUT2D eigenvalue weighted by Gasteiger charge is -2.09. The van der Waals surface area contributed by atoms with Crippen LogP contribution >= 0.6 is 15.9 Å². The van der Waals surface area contributed by atoms with E-state index >= 15 is 0 Å². The Labute approximate surface area is 155 Å². The Bertz CT molecular complexity index is 708. The third-order valence-electron chi connectivity index (χ3n) is 3.04. The molecule has 0 saturated heterocycles. The molecule has 0 aromatic heterocycles. The normalized spacial score (nSPS) is 10.4. The molecule has 2 rings (SSSR count). The van der Waals surface area contributed by atoms with E-state index < -0.39 is 11.9 Å². The molecule has 0 aliphatic rings. The maximum absolute atomic E-state index is 11.8. The molecule has 0 atom stereocenters. The number of benzene rings is 2. The van der Waals surface area contributed by atoms with Crippen molar-refractivity contribution < 1.29 is 23.8 Å². The van der Waals surface area contributed by atoms with Crippen molar-refractivity contribution in [2.75, 3.05) is 13.2 Å². The molecule has 0 N–H and O–H groups in total. The van der Waals surface area contributed by atoms with Crippen LogP contribution in [0.2, 0.25) is 0 Å². The van der Waals surface area contributed by atoms with E-state index in [1.54, 1.807) is 36.4 Å². The minimum Gasteiger partial charge on any atom is -0.482 e. The molecule has 0 heterocycles. The first kappa shape index (κ1) is 19.0. The molecule has 0 saturated carbocycles. The highest BCUT2D eigenvalue weighted by atomic mass is 79.9. The van der Waals surface area contributed by atoms with Crippen LogP contribution in [-0.4, -0.2) is 25.2 Å². The lowest BCUT2D eigenvalue weighted by molar-refractivity contribution is -0.136. The number of carbonyl (C=O) groups is 2. The smallest absolute Gasteiger partial charge is 0.349 e. The molecule has 6 heteroatoms. The van der Waals surface area contributed by atoms with Gasteiger partial charge in [0.05, 0.1) is 12.2 Å². The van der Waals surface area contributed by atoms with E-state index in [2.05, 4.69) is 15.9 Å². The average molecular weight is 407 g/mol. The Balaban J connectivity index is 1.82. The fourth-order valence-electron chi connectivity index (χ4n) is 1.82. The van der Waals surface area contributed by atoms with Crippen molar-refractivity contribution in [1.29, 1.82) is 0 Å². The van der Waals surface area contributed by atoms with Crippen LogP contribution in [0.3, 0.4) is 0 Å². The van der Waals surface area contributed by atoms with Crippen LogP contribution in [0.15, 0.2) is 53.0 Å². The van der Waals surface area contributed by atoms with Gasteiger partial charge in [-0.3, -0.25) is 0 Å². The van der Waals surface area contributed by atoms with Crippen molar-refractivity contribution >= 4 is 27.9 Å². The zero-order valence-electron chi connectivity index (χ0n) is 14.0. The molecule has 2 aromatic rings. The molecule has 0 radical (unpaired) electrons. The van der Waals surface area contributed by atoms with Crippen LogP contribution in [-0.2, 0) is 9.53 Å². The van der Waals surface area contributed by atoms with E-state index in [1.165, 1.54) is 0 Å². The van der Waals surface area contributed by atoms with Crippen molar-refractivity contribution in [1.82, 2.24) is 0 Å². The van der Waals surface area contributed by atoms with Gasteiger partial charge in [-0.1, -0.05) is 29.8 Å². The van der Waals surface area contributed by atoms with Crippen molar-refractivity contribution in [2.24, 2.45) is 5.92 Å². The molecule has 0 bridgehead atoms. The standard InChI is InChI=1S/C19H19BrO5/c1-13(2)11-24-19(22)14-3-7-17(8-4-14)25-18(21)12-23-16-9-5-15(20)6-10-16/h3-10,13H,11-12H2,1-2H3. The van der Waals surface area contributed by atoms with Gasteiger partial charge < -0.3 is 14.2 Å². The van der Waals surface area contributed by atoms with E-state index in [4.69, 9.17) is 14.2 Å². The zero-order valence-corrected chi connectivity index (χ0v) is 15.6. The van der Waals surface area contributed by atoms with Crippen molar-refractivity contribution in [3.05, 3.63) is 58.6 Å². The van der Waals surface area contributed by atoms with Gasteiger partial charge in [0.2, 0.25) is 0 Å². The fraction of sp³-hybridized carbons (Fsp3) is 0.263. The summed E-state index contributed by atoms with van der Waals surface area (Å²) < 4.78 is 16.6. The third-order valence-corrected chi connectivity index (χ3v) is 3.57. The first-order chi connectivity index (χ1) is 11.9. The minimum absolute atomic E-state index is 0.209. The number of carbonyl (C=O) groups excluding carboxylic acids is 2. The fourth-order valence-corrected chi connectivity index (χ4v) is 2.08. The minimum atomic E-state index is -0.530. The number of hydrogen-bond acceptors (Lipinski definition) is 5. The second-order valence-electron chi connectivity index (χ2n) is 5.73. The summed E-state index contributed by atoms with van der Waals surface area (Å²) in [5.74, 6) is 0.256. The van der Waals surface area contributed by atoms with E-state index in [0.717, 1.165) is 4.47 Å². The molecule has 0 unspecified atom stereocenters. The van der Waals surface area contributed by atoms with E-state index in [9.17, 15) is 9.59 Å². The molecule has 25 heavy (non-hydrogen) atoms. The summed E-state index contributed by atoms with van der Waals surface area (Å²) in [7, 11) is 0. The van der Waals surface area contributed by atoms with Gasteiger partial charge in [0.1, 0.15) is 11.5 Å².